The Morgan fingerprint density at radius 1 is 0.690 bits per heavy atom. The second kappa shape index (κ2) is 17.0. The lowest BCUT2D eigenvalue weighted by Gasteiger charge is -2.49. The normalized spacial score (nSPS) is 18.4. The molecule has 0 aromatic heterocycles. The Labute approximate surface area is 342 Å². The molecule has 12 nitrogen and oxygen atoms in total. The molecule has 5 heterocycles. The average Bonchev–Trinajstić information content (AvgIpc) is 3.45. The summed E-state index contributed by atoms with van der Waals surface area (Å²) in [5.41, 5.74) is 4.77. The van der Waals surface area contributed by atoms with Crippen LogP contribution in [-0.2, 0) is 29.3 Å². The molecule has 0 aliphatic carbocycles. The van der Waals surface area contributed by atoms with Crippen LogP contribution in [0.25, 0.3) is 0 Å². The van der Waals surface area contributed by atoms with Gasteiger partial charge < -0.3 is 44.1 Å². The number of esters is 1. The summed E-state index contributed by atoms with van der Waals surface area (Å²) < 4.78 is 28.7. The maximum absolute atomic E-state index is 13.9. The second-order valence-corrected chi connectivity index (χ2v) is 21.4. The molecule has 5 aliphatic heterocycles. The average molecular weight is 811 g/mol. The van der Waals surface area contributed by atoms with Crippen molar-refractivity contribution in [1.82, 2.24) is 10.6 Å². The molecule has 2 amide bonds. The molecular weight excluding hydrogens is 753 g/mol. The lowest BCUT2D eigenvalue weighted by Crippen LogP contribution is -2.67. The van der Waals surface area contributed by atoms with Gasteiger partial charge in [-0.3, -0.25) is 4.79 Å². The van der Waals surface area contributed by atoms with Crippen molar-refractivity contribution in [2.45, 2.75) is 76.2 Å². The van der Waals surface area contributed by atoms with E-state index in [2.05, 4.69) is 56.8 Å². The van der Waals surface area contributed by atoms with Crippen LogP contribution >= 0.6 is 0 Å². The summed E-state index contributed by atoms with van der Waals surface area (Å²) in [5, 5.41) is 8.46. The number of amides is 2. The molecule has 0 unspecified atom stereocenters. The standard InChI is InChI=1S/C45H58N4O8Si/c1-44(2,3)57-43(52)47-16-22-54-24-26-55-25-23-53-21-15-46-41(50)32-9-12-35-38(29-32)45(56-42(35)51)36-13-10-33(48-17-7-18-48)30-39(36)58(27-5-4-6-28-58)40-31-34(11-14-37(40)45)49-19-8-20-49/h9-14,29-31H,4-8,15-28H2,1-3H3,(H,46,50)(H,47,52). The highest BCUT2D eigenvalue weighted by Gasteiger charge is 2.58. The van der Waals surface area contributed by atoms with E-state index < -0.39 is 25.4 Å². The van der Waals surface area contributed by atoms with Crippen LogP contribution in [0.5, 0.6) is 0 Å². The topological polar surface area (TPSA) is 128 Å². The number of carbonyl (C=O) groups is 3. The fraction of sp³-hybridized carbons (Fsp3) is 0.533. The van der Waals surface area contributed by atoms with Gasteiger partial charge in [-0.15, -0.1) is 0 Å². The molecule has 3 saturated heterocycles. The van der Waals surface area contributed by atoms with E-state index in [4.69, 9.17) is 23.7 Å². The van der Waals surface area contributed by atoms with Gasteiger partial charge in [-0.05, 0) is 98.5 Å². The van der Waals surface area contributed by atoms with Crippen LogP contribution in [-0.4, -0.2) is 111 Å². The van der Waals surface area contributed by atoms with E-state index in [1.54, 1.807) is 12.1 Å². The molecule has 58 heavy (non-hydrogen) atoms. The van der Waals surface area contributed by atoms with Gasteiger partial charge in [0, 0.05) is 72.9 Å². The van der Waals surface area contributed by atoms with Gasteiger partial charge in [0.25, 0.3) is 5.91 Å². The van der Waals surface area contributed by atoms with E-state index in [0.717, 1.165) is 42.9 Å². The number of alkyl carbamates (subject to hydrolysis) is 1. The largest absolute Gasteiger partial charge is 0.444 e. The molecule has 0 bridgehead atoms. The SMILES string of the molecule is CC(C)(C)OC(=O)NCCOCCOCCOCCNC(=O)c1ccc2c(c1)C1(OC2=O)c2ccc(N3CCC3)cc2[Si]2(CCCCC2)c2cc(N3CCC3)ccc21. The number of rotatable bonds is 15. The van der Waals surface area contributed by atoms with E-state index in [9.17, 15) is 14.4 Å². The minimum Gasteiger partial charge on any atom is -0.444 e. The zero-order chi connectivity index (χ0) is 40.3. The summed E-state index contributed by atoms with van der Waals surface area (Å²) in [7, 11) is -2.24. The number of anilines is 2. The zero-order valence-electron chi connectivity index (χ0n) is 34.3. The molecule has 0 saturated carbocycles. The van der Waals surface area contributed by atoms with Gasteiger partial charge in [0.05, 0.1) is 45.2 Å². The summed E-state index contributed by atoms with van der Waals surface area (Å²) in [6.45, 7) is 12.6. The van der Waals surface area contributed by atoms with Crippen LogP contribution in [0.1, 0.15) is 90.3 Å². The Morgan fingerprint density at radius 3 is 1.78 bits per heavy atom. The Hall–Kier alpha value is -4.43. The number of benzene rings is 3. The van der Waals surface area contributed by atoms with Crippen LogP contribution < -0.4 is 30.8 Å². The Balaban J connectivity index is 0.933. The predicted molar refractivity (Wildman–Crippen MR) is 226 cm³/mol. The van der Waals surface area contributed by atoms with Gasteiger partial charge in [0.2, 0.25) is 0 Å². The number of nitrogens with zero attached hydrogens (tertiary/aromatic N) is 2. The molecule has 2 N–H and O–H groups in total. The minimum atomic E-state index is -2.24. The first kappa shape index (κ1) is 40.4. The fourth-order valence-electron chi connectivity index (χ4n) is 9.22. The van der Waals surface area contributed by atoms with Crippen molar-refractivity contribution in [2.75, 3.05) is 88.7 Å². The smallest absolute Gasteiger partial charge is 0.407 e. The van der Waals surface area contributed by atoms with Crippen LogP contribution in [0.4, 0.5) is 16.2 Å². The minimum absolute atomic E-state index is 0.230. The van der Waals surface area contributed by atoms with Crippen molar-refractivity contribution in [3.63, 3.8) is 0 Å². The van der Waals surface area contributed by atoms with Crippen molar-refractivity contribution >= 4 is 47.8 Å². The molecule has 0 atom stereocenters. The predicted octanol–water partition coefficient (Wildman–Crippen LogP) is 4.93. The third-order valence-corrected chi connectivity index (χ3v) is 17.6. The third kappa shape index (κ3) is 7.98. The first-order valence-corrected chi connectivity index (χ1v) is 23.7. The van der Waals surface area contributed by atoms with Crippen LogP contribution in [0.15, 0.2) is 54.6 Å². The van der Waals surface area contributed by atoms with Crippen LogP contribution in [0.2, 0.25) is 12.1 Å². The monoisotopic (exact) mass is 810 g/mol. The van der Waals surface area contributed by atoms with E-state index in [1.165, 1.54) is 65.9 Å². The van der Waals surface area contributed by atoms with Crippen molar-refractivity contribution in [1.29, 1.82) is 0 Å². The summed E-state index contributed by atoms with van der Waals surface area (Å²) in [6, 6.07) is 21.6. The molecule has 13 heteroatoms. The fourth-order valence-corrected chi connectivity index (χ4v) is 14.9. The number of hydrogen-bond donors (Lipinski definition) is 2. The van der Waals surface area contributed by atoms with Crippen molar-refractivity contribution in [2.24, 2.45) is 0 Å². The van der Waals surface area contributed by atoms with Gasteiger partial charge in [0.1, 0.15) is 13.7 Å². The zero-order valence-corrected chi connectivity index (χ0v) is 35.3. The summed E-state index contributed by atoms with van der Waals surface area (Å²) >= 11 is 0. The number of nitrogens with one attached hydrogen (secondary N) is 2. The lowest BCUT2D eigenvalue weighted by molar-refractivity contribution is 0.0145. The van der Waals surface area contributed by atoms with Crippen LogP contribution in [0, 0.1) is 0 Å². The molecule has 3 fully saturated rings. The molecule has 0 radical (unpaired) electrons. The Morgan fingerprint density at radius 2 is 1.24 bits per heavy atom. The molecule has 8 rings (SSSR count). The van der Waals surface area contributed by atoms with E-state index in [0.29, 0.717) is 63.9 Å². The van der Waals surface area contributed by atoms with Gasteiger partial charge in [-0.2, -0.15) is 0 Å². The Bertz CT molecular complexity index is 1930. The first-order valence-electron chi connectivity index (χ1n) is 21.3. The van der Waals surface area contributed by atoms with E-state index in [-0.39, 0.29) is 11.9 Å². The quantitative estimate of drug-likeness (QED) is 0.124. The van der Waals surface area contributed by atoms with E-state index >= 15 is 0 Å². The summed E-state index contributed by atoms with van der Waals surface area (Å²) in [4.78, 5) is 44.2. The number of fused-ring (bicyclic) bond motifs is 8. The molecule has 3 aromatic carbocycles. The number of carbonyl (C=O) groups excluding carboxylic acids is 3. The number of ether oxygens (including phenoxy) is 5. The molecule has 310 valence electrons. The highest BCUT2D eigenvalue weighted by atomic mass is 28.3. The lowest BCUT2D eigenvalue weighted by atomic mass is 9.78. The maximum Gasteiger partial charge on any atom is 0.407 e. The second-order valence-electron chi connectivity index (χ2n) is 17.1. The van der Waals surface area contributed by atoms with Crippen molar-refractivity contribution in [3.05, 3.63) is 82.4 Å². The highest BCUT2D eigenvalue weighted by molar-refractivity contribution is 7.03. The summed E-state index contributed by atoms with van der Waals surface area (Å²) in [5.74, 6) is -0.581. The van der Waals surface area contributed by atoms with Gasteiger partial charge in [0.15, 0.2) is 5.60 Å². The van der Waals surface area contributed by atoms with Gasteiger partial charge >= 0.3 is 12.1 Å². The maximum atomic E-state index is 13.9. The first-order chi connectivity index (χ1) is 28.1. The van der Waals surface area contributed by atoms with Gasteiger partial charge in [-0.1, -0.05) is 31.4 Å². The summed E-state index contributed by atoms with van der Waals surface area (Å²) in [6.07, 6.45) is 5.63. The van der Waals surface area contributed by atoms with Gasteiger partial charge in [-0.25, -0.2) is 9.59 Å². The molecule has 5 aliphatic rings. The highest BCUT2D eigenvalue weighted by Crippen LogP contribution is 2.51. The van der Waals surface area contributed by atoms with Crippen molar-refractivity contribution in [3.8, 4) is 0 Å². The molecular formula is C45H58N4O8Si. The van der Waals surface area contributed by atoms with Crippen LogP contribution in [0.3, 0.4) is 0 Å². The number of hydrogen-bond acceptors (Lipinski definition) is 10. The molecule has 2 spiro atoms. The Kier molecular flexibility index (Phi) is 11.9. The third-order valence-electron chi connectivity index (χ3n) is 12.3. The van der Waals surface area contributed by atoms with Crippen molar-refractivity contribution < 1.29 is 38.1 Å². The van der Waals surface area contributed by atoms with E-state index in [1.807, 2.05) is 26.8 Å². The molecule has 3 aromatic rings.